The third kappa shape index (κ3) is 2.15. The lowest BCUT2D eigenvalue weighted by Crippen LogP contribution is -2.34. The molecule has 19 heavy (non-hydrogen) atoms. The predicted molar refractivity (Wildman–Crippen MR) is 77.7 cm³/mol. The molecule has 1 heterocycles. The lowest BCUT2D eigenvalue weighted by atomic mass is 9.88. The molecular formula is C15H19ClN2O. The molecule has 0 amide bonds. The normalized spacial score (nSPS) is 22.7. The molecule has 0 atom stereocenters. The molecule has 1 saturated carbocycles. The predicted octanol–water partition coefficient (Wildman–Crippen LogP) is 3.82. The van der Waals surface area contributed by atoms with Gasteiger partial charge < -0.3 is 9.30 Å². The van der Waals surface area contributed by atoms with Crippen LogP contribution in [0.3, 0.4) is 0 Å². The number of alkyl halides is 1. The summed E-state index contributed by atoms with van der Waals surface area (Å²) in [7, 11) is 0. The van der Waals surface area contributed by atoms with Gasteiger partial charge in [-0.2, -0.15) is 0 Å². The van der Waals surface area contributed by atoms with Crippen LogP contribution >= 0.6 is 11.6 Å². The number of para-hydroxylation sites is 1. The molecule has 3 nitrogen and oxygen atoms in total. The molecule has 0 spiro atoms. The highest BCUT2D eigenvalue weighted by Gasteiger charge is 2.33. The van der Waals surface area contributed by atoms with Gasteiger partial charge in [-0.1, -0.05) is 12.1 Å². The Balaban J connectivity index is 1.98. The minimum Gasteiger partial charge on any atom is -0.378 e. The second-order valence-corrected chi connectivity index (χ2v) is 5.44. The number of rotatable bonds is 4. The van der Waals surface area contributed by atoms with Gasteiger partial charge in [0.05, 0.1) is 23.0 Å². The molecule has 3 rings (SSSR count). The highest BCUT2D eigenvalue weighted by molar-refractivity contribution is 6.16. The molecule has 1 aliphatic rings. The fourth-order valence-electron chi connectivity index (χ4n) is 2.98. The summed E-state index contributed by atoms with van der Waals surface area (Å²) in [5, 5.41) is 0. The standard InChI is InChI=1S/C15H19ClN2O/c1-3-19-12-7-11(8-12)18-14(9-16)17-13-6-4-5-10(2)15(13)18/h4-6,11-12H,3,7-9H2,1-2H3. The van der Waals surface area contributed by atoms with E-state index in [-0.39, 0.29) is 0 Å². The van der Waals surface area contributed by atoms with Gasteiger partial charge in [0, 0.05) is 12.6 Å². The maximum Gasteiger partial charge on any atom is 0.125 e. The number of nitrogens with zero attached hydrogens (tertiary/aromatic N) is 2. The van der Waals surface area contributed by atoms with Gasteiger partial charge in [0.25, 0.3) is 0 Å². The van der Waals surface area contributed by atoms with E-state index in [9.17, 15) is 0 Å². The van der Waals surface area contributed by atoms with Gasteiger partial charge in [-0.25, -0.2) is 4.98 Å². The Morgan fingerprint density at radius 2 is 2.21 bits per heavy atom. The Morgan fingerprint density at radius 1 is 1.42 bits per heavy atom. The van der Waals surface area contributed by atoms with Crippen LogP contribution in [0.5, 0.6) is 0 Å². The van der Waals surface area contributed by atoms with Crippen LogP contribution in [0.15, 0.2) is 18.2 Å². The van der Waals surface area contributed by atoms with Gasteiger partial charge in [0.2, 0.25) is 0 Å². The zero-order chi connectivity index (χ0) is 13.4. The van der Waals surface area contributed by atoms with Crippen molar-refractivity contribution in [3.05, 3.63) is 29.6 Å². The highest BCUT2D eigenvalue weighted by Crippen LogP contribution is 2.38. The summed E-state index contributed by atoms with van der Waals surface area (Å²) >= 11 is 6.06. The van der Waals surface area contributed by atoms with E-state index >= 15 is 0 Å². The van der Waals surface area contributed by atoms with Crippen molar-refractivity contribution in [2.45, 2.75) is 44.7 Å². The maximum absolute atomic E-state index is 6.06. The minimum atomic E-state index is 0.402. The minimum absolute atomic E-state index is 0.402. The monoisotopic (exact) mass is 278 g/mol. The van der Waals surface area contributed by atoms with E-state index in [2.05, 4.69) is 34.7 Å². The van der Waals surface area contributed by atoms with E-state index in [0.717, 1.165) is 30.8 Å². The van der Waals surface area contributed by atoms with Gasteiger partial charge in [0.1, 0.15) is 5.82 Å². The largest absolute Gasteiger partial charge is 0.378 e. The molecule has 4 heteroatoms. The SMILES string of the molecule is CCOC1CC(n2c(CCl)nc3cccc(C)c32)C1. The Morgan fingerprint density at radius 3 is 2.89 bits per heavy atom. The van der Waals surface area contributed by atoms with Gasteiger partial charge in [-0.05, 0) is 38.3 Å². The van der Waals surface area contributed by atoms with E-state index in [0.29, 0.717) is 18.0 Å². The van der Waals surface area contributed by atoms with Gasteiger partial charge in [-0.15, -0.1) is 11.6 Å². The van der Waals surface area contributed by atoms with E-state index in [1.807, 2.05) is 6.92 Å². The van der Waals surface area contributed by atoms with Crippen molar-refractivity contribution >= 4 is 22.6 Å². The number of fused-ring (bicyclic) bond motifs is 1. The van der Waals surface area contributed by atoms with Crippen molar-refractivity contribution in [3.63, 3.8) is 0 Å². The molecule has 1 aromatic carbocycles. The highest BCUT2D eigenvalue weighted by atomic mass is 35.5. The maximum atomic E-state index is 6.06. The van der Waals surface area contributed by atoms with E-state index in [1.54, 1.807) is 0 Å². The summed E-state index contributed by atoms with van der Waals surface area (Å²) in [5.41, 5.74) is 3.55. The zero-order valence-electron chi connectivity index (χ0n) is 11.4. The number of ether oxygens (including phenoxy) is 1. The lowest BCUT2D eigenvalue weighted by Gasteiger charge is -2.37. The number of hydrogen-bond acceptors (Lipinski definition) is 2. The van der Waals surface area contributed by atoms with Crippen LogP contribution in [-0.2, 0) is 10.6 Å². The lowest BCUT2D eigenvalue weighted by molar-refractivity contribution is -0.0192. The summed E-state index contributed by atoms with van der Waals surface area (Å²) in [4.78, 5) is 4.66. The number of aryl methyl sites for hydroxylation is 1. The van der Waals surface area contributed by atoms with Crippen LogP contribution in [0.4, 0.5) is 0 Å². The van der Waals surface area contributed by atoms with Crippen LogP contribution in [0.25, 0.3) is 11.0 Å². The van der Waals surface area contributed by atoms with Crippen molar-refractivity contribution in [1.82, 2.24) is 9.55 Å². The zero-order valence-corrected chi connectivity index (χ0v) is 12.2. The Labute approximate surface area is 118 Å². The molecule has 0 radical (unpaired) electrons. The molecule has 0 unspecified atom stereocenters. The fourth-order valence-corrected chi connectivity index (χ4v) is 3.17. The van der Waals surface area contributed by atoms with E-state index in [4.69, 9.17) is 16.3 Å². The fraction of sp³-hybridized carbons (Fsp3) is 0.533. The second kappa shape index (κ2) is 5.14. The van der Waals surface area contributed by atoms with Gasteiger partial charge in [0.15, 0.2) is 0 Å². The smallest absolute Gasteiger partial charge is 0.125 e. The van der Waals surface area contributed by atoms with Crippen LogP contribution in [-0.4, -0.2) is 22.3 Å². The molecule has 102 valence electrons. The third-order valence-corrected chi connectivity index (χ3v) is 4.18. The first-order chi connectivity index (χ1) is 9.24. The molecule has 1 aliphatic carbocycles. The Kier molecular flexibility index (Phi) is 3.50. The van der Waals surface area contributed by atoms with Crippen molar-refractivity contribution < 1.29 is 4.74 Å². The van der Waals surface area contributed by atoms with Crippen LogP contribution in [0.1, 0.15) is 37.2 Å². The first-order valence-electron chi connectivity index (χ1n) is 6.88. The van der Waals surface area contributed by atoms with Crippen LogP contribution in [0, 0.1) is 6.92 Å². The summed E-state index contributed by atoms with van der Waals surface area (Å²) in [5.74, 6) is 1.44. The first-order valence-corrected chi connectivity index (χ1v) is 7.42. The molecule has 0 saturated heterocycles. The van der Waals surface area contributed by atoms with Gasteiger partial charge in [-0.3, -0.25) is 0 Å². The molecule has 0 N–H and O–H groups in total. The topological polar surface area (TPSA) is 27.1 Å². The van der Waals surface area contributed by atoms with Crippen molar-refractivity contribution in [1.29, 1.82) is 0 Å². The van der Waals surface area contributed by atoms with Crippen LogP contribution in [0.2, 0.25) is 0 Å². The number of halogens is 1. The van der Waals surface area contributed by atoms with E-state index in [1.165, 1.54) is 11.1 Å². The quantitative estimate of drug-likeness (QED) is 0.795. The van der Waals surface area contributed by atoms with Gasteiger partial charge >= 0.3 is 0 Å². The Bertz CT molecular complexity index is 587. The Hall–Kier alpha value is -1.06. The van der Waals surface area contributed by atoms with Crippen LogP contribution < -0.4 is 0 Å². The number of benzene rings is 1. The molecule has 1 aromatic heterocycles. The molecule has 1 fully saturated rings. The molecule has 0 aliphatic heterocycles. The van der Waals surface area contributed by atoms with Crippen molar-refractivity contribution in [3.8, 4) is 0 Å². The molecule has 2 aromatic rings. The molecule has 0 bridgehead atoms. The number of hydrogen-bond donors (Lipinski definition) is 0. The summed E-state index contributed by atoms with van der Waals surface area (Å²) in [6.45, 7) is 4.98. The second-order valence-electron chi connectivity index (χ2n) is 5.18. The molecular weight excluding hydrogens is 260 g/mol. The summed E-state index contributed by atoms with van der Waals surface area (Å²) in [6, 6.07) is 6.73. The average molecular weight is 279 g/mol. The summed E-state index contributed by atoms with van der Waals surface area (Å²) < 4.78 is 7.98. The van der Waals surface area contributed by atoms with Crippen molar-refractivity contribution in [2.75, 3.05) is 6.61 Å². The third-order valence-electron chi connectivity index (χ3n) is 3.94. The first kappa shape index (κ1) is 12.9. The van der Waals surface area contributed by atoms with Crippen molar-refractivity contribution in [2.24, 2.45) is 0 Å². The summed E-state index contributed by atoms with van der Waals surface area (Å²) in [6.07, 6.45) is 2.54. The number of imidazole rings is 1. The van der Waals surface area contributed by atoms with E-state index < -0.39 is 0 Å². The average Bonchev–Trinajstić information content (AvgIpc) is 2.73. The number of aromatic nitrogens is 2.